The maximum absolute atomic E-state index is 12.2. The summed E-state index contributed by atoms with van der Waals surface area (Å²) in [4.78, 5) is 26.9. The van der Waals surface area contributed by atoms with Crippen LogP contribution in [0.3, 0.4) is 0 Å². The zero-order valence-electron chi connectivity index (χ0n) is 11.2. The maximum Gasteiger partial charge on any atom is 0.328 e. The Morgan fingerprint density at radius 2 is 2.05 bits per heavy atom. The number of nitrogens with zero attached hydrogens (tertiary/aromatic N) is 1. The monoisotopic (exact) mass is 274 g/mol. The normalized spacial score (nSPS) is 16.2. The van der Waals surface area contributed by atoms with Crippen molar-refractivity contribution in [3.63, 3.8) is 0 Å². The molecule has 1 fully saturated rings. The van der Waals surface area contributed by atoms with Crippen molar-refractivity contribution in [2.75, 3.05) is 0 Å². The molecule has 1 saturated carbocycles. The van der Waals surface area contributed by atoms with Crippen LogP contribution in [0, 0.1) is 0 Å². The second kappa shape index (κ2) is 6.84. The van der Waals surface area contributed by atoms with Crippen LogP contribution in [-0.2, 0) is 4.79 Å². The Hall–Kier alpha value is -2.17. The molecule has 1 aliphatic carbocycles. The van der Waals surface area contributed by atoms with Gasteiger partial charge in [0.25, 0.3) is 5.91 Å². The van der Waals surface area contributed by atoms with Crippen LogP contribution in [0.5, 0.6) is 0 Å². The van der Waals surface area contributed by atoms with Crippen LogP contribution >= 0.6 is 0 Å². The third-order valence-electron chi connectivity index (χ3n) is 3.40. The molecule has 0 unspecified atom stereocenters. The number of aliphatic carboxylic acids is 1. The Labute approximate surface area is 117 Å². The quantitative estimate of drug-likeness (QED) is 0.825. The first-order valence-electron chi connectivity index (χ1n) is 6.83. The lowest BCUT2D eigenvalue weighted by Gasteiger charge is -2.22. The zero-order chi connectivity index (χ0) is 14.4. The first-order chi connectivity index (χ1) is 9.66. The van der Waals surface area contributed by atoms with Crippen LogP contribution in [0.1, 0.15) is 48.2 Å². The van der Waals surface area contributed by atoms with Crippen LogP contribution in [0.4, 0.5) is 0 Å². The molecule has 2 N–H and O–H groups in total. The predicted molar refractivity (Wildman–Crippen MR) is 75.2 cm³/mol. The fourth-order valence-corrected chi connectivity index (χ4v) is 2.40. The molecule has 0 bridgehead atoms. The minimum absolute atomic E-state index is 0.203. The summed E-state index contributed by atoms with van der Waals surface area (Å²) in [6, 6.07) is 3.57. The van der Waals surface area contributed by atoms with Gasteiger partial charge in [0.1, 0.15) is 5.69 Å². The number of amides is 1. The number of carboxylic acid groups (broad SMARTS) is 1. The van der Waals surface area contributed by atoms with Crippen molar-refractivity contribution in [2.45, 2.75) is 38.1 Å². The highest BCUT2D eigenvalue weighted by Gasteiger charge is 2.18. The summed E-state index contributed by atoms with van der Waals surface area (Å²) in [7, 11) is 0. The lowest BCUT2D eigenvalue weighted by Crippen LogP contribution is -2.36. The number of nitrogens with one attached hydrogen (secondary N) is 1. The van der Waals surface area contributed by atoms with Gasteiger partial charge in [-0.05, 0) is 25.0 Å². The van der Waals surface area contributed by atoms with Gasteiger partial charge in [0.2, 0.25) is 0 Å². The van der Waals surface area contributed by atoms with Gasteiger partial charge in [0, 0.05) is 23.9 Å². The minimum Gasteiger partial charge on any atom is -0.478 e. The van der Waals surface area contributed by atoms with E-state index in [2.05, 4.69) is 10.3 Å². The van der Waals surface area contributed by atoms with Gasteiger partial charge < -0.3 is 10.4 Å². The highest BCUT2D eigenvalue weighted by molar-refractivity contribution is 5.97. The van der Waals surface area contributed by atoms with E-state index in [1.165, 1.54) is 18.7 Å². The van der Waals surface area contributed by atoms with Gasteiger partial charge in [0.15, 0.2) is 0 Å². The molecular formula is C15H18N2O3. The topological polar surface area (TPSA) is 79.3 Å². The fourth-order valence-electron chi connectivity index (χ4n) is 2.40. The van der Waals surface area contributed by atoms with E-state index in [1.54, 1.807) is 12.1 Å². The molecule has 20 heavy (non-hydrogen) atoms. The largest absolute Gasteiger partial charge is 0.478 e. The van der Waals surface area contributed by atoms with Crippen molar-refractivity contribution in [1.29, 1.82) is 0 Å². The highest BCUT2D eigenvalue weighted by atomic mass is 16.4. The molecule has 5 nitrogen and oxygen atoms in total. The number of rotatable bonds is 4. The molecule has 1 amide bonds. The second-order valence-electron chi connectivity index (χ2n) is 4.92. The lowest BCUT2D eigenvalue weighted by atomic mass is 9.95. The zero-order valence-corrected chi connectivity index (χ0v) is 11.2. The number of carboxylic acids is 1. The van der Waals surface area contributed by atoms with Crippen LogP contribution in [-0.4, -0.2) is 28.0 Å². The van der Waals surface area contributed by atoms with Gasteiger partial charge in [0.05, 0.1) is 0 Å². The van der Waals surface area contributed by atoms with Gasteiger partial charge in [-0.25, -0.2) is 4.79 Å². The molecule has 0 spiro atoms. The van der Waals surface area contributed by atoms with Gasteiger partial charge in [-0.1, -0.05) is 25.3 Å². The number of carbonyl (C=O) groups is 2. The molecule has 5 heteroatoms. The molecular weight excluding hydrogens is 256 g/mol. The molecule has 1 aromatic rings. The van der Waals surface area contributed by atoms with E-state index in [0.29, 0.717) is 5.56 Å². The van der Waals surface area contributed by atoms with E-state index in [4.69, 9.17) is 5.11 Å². The average Bonchev–Trinajstić information content (AvgIpc) is 2.46. The maximum atomic E-state index is 12.2. The molecule has 1 aliphatic rings. The van der Waals surface area contributed by atoms with E-state index in [0.717, 1.165) is 31.8 Å². The first kappa shape index (κ1) is 14.2. The van der Waals surface area contributed by atoms with Gasteiger partial charge in [-0.15, -0.1) is 0 Å². The summed E-state index contributed by atoms with van der Waals surface area (Å²) in [6.45, 7) is 0. The van der Waals surface area contributed by atoms with E-state index >= 15 is 0 Å². The summed E-state index contributed by atoms with van der Waals surface area (Å²) < 4.78 is 0. The predicted octanol–water partition coefficient (Wildman–Crippen LogP) is 2.24. The standard InChI is InChI=1S/C15H18N2O3/c18-13(19)9-8-11-5-4-10-16-14(11)15(20)17-12-6-2-1-3-7-12/h4-5,8-10,12H,1-3,6-7H2,(H,17,20)(H,18,19)/b9-8+. The smallest absolute Gasteiger partial charge is 0.328 e. The Morgan fingerprint density at radius 3 is 2.75 bits per heavy atom. The second-order valence-corrected chi connectivity index (χ2v) is 4.92. The molecule has 2 rings (SSSR count). The van der Waals surface area contributed by atoms with E-state index in [1.807, 2.05) is 0 Å². The Balaban J connectivity index is 2.10. The summed E-state index contributed by atoms with van der Waals surface area (Å²) in [6.07, 6.45) is 9.44. The van der Waals surface area contributed by atoms with Crippen LogP contribution in [0.15, 0.2) is 24.4 Å². The summed E-state index contributed by atoms with van der Waals surface area (Å²) in [5.74, 6) is -1.28. The molecule has 0 radical (unpaired) electrons. The molecule has 0 aromatic carbocycles. The Bertz CT molecular complexity index is 520. The van der Waals surface area contributed by atoms with Crippen molar-refractivity contribution >= 4 is 18.0 Å². The fraction of sp³-hybridized carbons (Fsp3) is 0.400. The molecule has 1 heterocycles. The van der Waals surface area contributed by atoms with Gasteiger partial charge in [-0.2, -0.15) is 0 Å². The van der Waals surface area contributed by atoms with Crippen molar-refractivity contribution in [2.24, 2.45) is 0 Å². The SMILES string of the molecule is O=C(O)/C=C/c1cccnc1C(=O)NC1CCCCC1. The van der Waals surface area contributed by atoms with Crippen molar-refractivity contribution in [3.8, 4) is 0 Å². The third-order valence-corrected chi connectivity index (χ3v) is 3.40. The van der Waals surface area contributed by atoms with Gasteiger partial charge >= 0.3 is 5.97 Å². The highest BCUT2D eigenvalue weighted by Crippen LogP contribution is 2.18. The summed E-state index contributed by atoms with van der Waals surface area (Å²) in [5, 5.41) is 11.6. The molecule has 106 valence electrons. The molecule has 1 aromatic heterocycles. The first-order valence-corrected chi connectivity index (χ1v) is 6.83. The van der Waals surface area contributed by atoms with E-state index in [9.17, 15) is 9.59 Å². The van der Waals surface area contributed by atoms with Crippen molar-refractivity contribution < 1.29 is 14.7 Å². The molecule has 0 aliphatic heterocycles. The Kier molecular flexibility index (Phi) is 4.87. The number of pyridine rings is 1. The minimum atomic E-state index is -1.05. The molecule has 0 atom stereocenters. The van der Waals surface area contributed by atoms with Crippen LogP contribution in [0.25, 0.3) is 6.08 Å². The van der Waals surface area contributed by atoms with Crippen LogP contribution in [0.2, 0.25) is 0 Å². The number of aromatic nitrogens is 1. The van der Waals surface area contributed by atoms with Crippen molar-refractivity contribution in [3.05, 3.63) is 35.7 Å². The number of carbonyl (C=O) groups excluding carboxylic acids is 1. The average molecular weight is 274 g/mol. The van der Waals surface area contributed by atoms with Crippen molar-refractivity contribution in [1.82, 2.24) is 10.3 Å². The number of hydrogen-bond donors (Lipinski definition) is 2. The summed E-state index contributed by atoms with van der Waals surface area (Å²) >= 11 is 0. The Morgan fingerprint density at radius 1 is 1.30 bits per heavy atom. The van der Waals surface area contributed by atoms with E-state index < -0.39 is 5.97 Å². The lowest BCUT2D eigenvalue weighted by molar-refractivity contribution is -0.131. The third kappa shape index (κ3) is 3.91. The molecule has 0 saturated heterocycles. The van der Waals surface area contributed by atoms with Gasteiger partial charge in [-0.3, -0.25) is 9.78 Å². The van der Waals surface area contributed by atoms with E-state index in [-0.39, 0.29) is 17.6 Å². The summed E-state index contributed by atoms with van der Waals surface area (Å²) in [5.41, 5.74) is 0.791. The van der Waals surface area contributed by atoms with Crippen LogP contribution < -0.4 is 5.32 Å². The number of hydrogen-bond acceptors (Lipinski definition) is 3.